The van der Waals surface area contributed by atoms with Gasteiger partial charge in [-0.05, 0) is 58.9 Å². The average Bonchev–Trinajstić information content (AvgIpc) is 2.84. The topological polar surface area (TPSA) is 61.4 Å². The van der Waals surface area contributed by atoms with Gasteiger partial charge in [0.25, 0.3) is 5.91 Å². The van der Waals surface area contributed by atoms with Gasteiger partial charge >= 0.3 is 0 Å². The normalized spacial score (nSPS) is 10.5. The predicted octanol–water partition coefficient (Wildman–Crippen LogP) is 5.17. The SMILES string of the molecule is CN(C(=O)c1cccc(NC(=S)NC(=O)Cc2cccc3ccccc23)c1)c1ccccc1. The van der Waals surface area contributed by atoms with Gasteiger partial charge in [-0.25, -0.2) is 0 Å². The van der Waals surface area contributed by atoms with Gasteiger partial charge in [0.1, 0.15) is 0 Å². The molecule has 0 radical (unpaired) electrons. The molecule has 2 amide bonds. The van der Waals surface area contributed by atoms with Crippen LogP contribution in [-0.2, 0) is 11.2 Å². The van der Waals surface area contributed by atoms with Gasteiger partial charge in [-0.1, -0.05) is 66.7 Å². The van der Waals surface area contributed by atoms with Crippen LogP contribution in [-0.4, -0.2) is 24.0 Å². The second kappa shape index (κ2) is 10.1. The fourth-order valence-electron chi connectivity index (χ4n) is 3.65. The van der Waals surface area contributed by atoms with Crippen molar-refractivity contribution < 1.29 is 9.59 Å². The van der Waals surface area contributed by atoms with E-state index in [-0.39, 0.29) is 23.3 Å². The van der Waals surface area contributed by atoms with Crippen LogP contribution in [0.15, 0.2) is 97.1 Å². The highest BCUT2D eigenvalue weighted by Crippen LogP contribution is 2.19. The van der Waals surface area contributed by atoms with Crippen LogP contribution in [0.1, 0.15) is 15.9 Å². The van der Waals surface area contributed by atoms with Gasteiger partial charge < -0.3 is 15.5 Å². The summed E-state index contributed by atoms with van der Waals surface area (Å²) in [6, 6.07) is 30.3. The number of carbonyl (C=O) groups is 2. The summed E-state index contributed by atoms with van der Waals surface area (Å²) >= 11 is 5.32. The molecular weight excluding hydrogens is 430 g/mol. The molecule has 0 unspecified atom stereocenters. The van der Waals surface area contributed by atoms with Crippen LogP contribution >= 0.6 is 12.2 Å². The summed E-state index contributed by atoms with van der Waals surface area (Å²) in [5.41, 5.74) is 2.87. The minimum Gasteiger partial charge on any atom is -0.332 e. The number of thiocarbonyl (C=S) groups is 1. The van der Waals surface area contributed by atoms with Crippen molar-refractivity contribution in [2.75, 3.05) is 17.3 Å². The Hall–Kier alpha value is -4.03. The molecular formula is C27H23N3O2S. The van der Waals surface area contributed by atoms with E-state index in [1.807, 2.05) is 72.8 Å². The third-order valence-electron chi connectivity index (χ3n) is 5.30. The molecule has 4 rings (SSSR count). The molecule has 0 atom stereocenters. The lowest BCUT2D eigenvalue weighted by molar-refractivity contribution is -0.119. The second-order valence-electron chi connectivity index (χ2n) is 7.60. The summed E-state index contributed by atoms with van der Waals surface area (Å²) in [4.78, 5) is 27.0. The number of nitrogens with zero attached hydrogens (tertiary/aromatic N) is 1. The monoisotopic (exact) mass is 453 g/mol. The maximum Gasteiger partial charge on any atom is 0.258 e. The number of para-hydroxylation sites is 1. The Balaban J connectivity index is 1.39. The van der Waals surface area contributed by atoms with E-state index in [0.717, 1.165) is 22.0 Å². The van der Waals surface area contributed by atoms with Crippen LogP contribution in [0.4, 0.5) is 11.4 Å². The Labute approximate surface area is 198 Å². The van der Waals surface area contributed by atoms with Crippen molar-refractivity contribution in [3.8, 4) is 0 Å². The summed E-state index contributed by atoms with van der Waals surface area (Å²) < 4.78 is 0. The van der Waals surface area contributed by atoms with Crippen molar-refractivity contribution in [3.63, 3.8) is 0 Å². The molecule has 0 fully saturated rings. The molecule has 164 valence electrons. The summed E-state index contributed by atoms with van der Waals surface area (Å²) in [6.45, 7) is 0. The van der Waals surface area contributed by atoms with Gasteiger partial charge in [0.15, 0.2) is 5.11 Å². The fraction of sp³-hybridized carbons (Fsp3) is 0.0741. The van der Waals surface area contributed by atoms with Gasteiger partial charge in [-0.3, -0.25) is 9.59 Å². The highest BCUT2D eigenvalue weighted by atomic mass is 32.1. The van der Waals surface area contributed by atoms with E-state index in [0.29, 0.717) is 11.3 Å². The molecule has 0 heterocycles. The van der Waals surface area contributed by atoms with Crippen molar-refractivity contribution in [1.82, 2.24) is 5.32 Å². The van der Waals surface area contributed by atoms with E-state index in [1.165, 1.54) is 0 Å². The van der Waals surface area contributed by atoms with Crippen molar-refractivity contribution in [2.45, 2.75) is 6.42 Å². The van der Waals surface area contributed by atoms with Crippen molar-refractivity contribution in [2.24, 2.45) is 0 Å². The maximum absolute atomic E-state index is 12.9. The number of fused-ring (bicyclic) bond motifs is 1. The zero-order chi connectivity index (χ0) is 23.2. The van der Waals surface area contributed by atoms with Gasteiger partial charge in [0.05, 0.1) is 6.42 Å². The first-order valence-corrected chi connectivity index (χ1v) is 10.9. The number of anilines is 2. The second-order valence-corrected chi connectivity index (χ2v) is 8.01. The van der Waals surface area contributed by atoms with Crippen LogP contribution < -0.4 is 15.5 Å². The zero-order valence-corrected chi connectivity index (χ0v) is 18.9. The molecule has 5 nitrogen and oxygen atoms in total. The standard InChI is InChI=1S/C27H23N3O2S/c1-30(23-14-3-2-4-15-23)26(32)21-12-8-13-22(17-21)28-27(33)29-25(31)18-20-11-7-10-19-9-5-6-16-24(19)20/h2-17H,18H2,1H3,(H2,28,29,31,33). The summed E-state index contributed by atoms with van der Waals surface area (Å²) in [6.07, 6.45) is 0.212. The van der Waals surface area contributed by atoms with E-state index in [1.54, 1.807) is 36.2 Å². The molecule has 4 aromatic carbocycles. The molecule has 0 saturated carbocycles. The first-order chi connectivity index (χ1) is 16.0. The molecule has 4 aromatic rings. The van der Waals surface area contributed by atoms with E-state index >= 15 is 0 Å². The van der Waals surface area contributed by atoms with Gasteiger partial charge in [-0.2, -0.15) is 0 Å². The quantitative estimate of drug-likeness (QED) is 0.409. The van der Waals surface area contributed by atoms with Crippen LogP contribution in [0.5, 0.6) is 0 Å². The molecule has 0 saturated heterocycles. The lowest BCUT2D eigenvalue weighted by Gasteiger charge is -2.18. The molecule has 6 heteroatoms. The number of hydrogen-bond acceptors (Lipinski definition) is 3. The minimum atomic E-state index is -0.208. The zero-order valence-electron chi connectivity index (χ0n) is 18.1. The minimum absolute atomic E-state index is 0.143. The van der Waals surface area contributed by atoms with Crippen molar-refractivity contribution in [3.05, 3.63) is 108 Å². The predicted molar refractivity (Wildman–Crippen MR) is 138 cm³/mol. The summed E-state index contributed by atoms with van der Waals surface area (Å²) in [5.74, 6) is -0.351. The Morgan fingerprint density at radius 2 is 1.55 bits per heavy atom. The number of carbonyl (C=O) groups excluding carboxylic acids is 2. The molecule has 0 aliphatic rings. The van der Waals surface area contributed by atoms with Crippen LogP contribution in [0.2, 0.25) is 0 Å². The Morgan fingerprint density at radius 1 is 0.848 bits per heavy atom. The highest BCUT2D eigenvalue weighted by Gasteiger charge is 2.14. The van der Waals surface area contributed by atoms with E-state index in [2.05, 4.69) is 10.6 Å². The Morgan fingerprint density at radius 3 is 2.36 bits per heavy atom. The lowest BCUT2D eigenvalue weighted by Crippen LogP contribution is -2.35. The Bertz CT molecular complexity index is 1320. The molecule has 2 N–H and O–H groups in total. The number of rotatable bonds is 5. The van der Waals surface area contributed by atoms with Gasteiger partial charge in [0, 0.05) is 24.0 Å². The van der Waals surface area contributed by atoms with Crippen molar-refractivity contribution >= 4 is 51.3 Å². The molecule has 0 aliphatic heterocycles. The molecule has 0 spiro atoms. The molecule has 0 bridgehead atoms. The lowest BCUT2D eigenvalue weighted by atomic mass is 10.0. The first-order valence-electron chi connectivity index (χ1n) is 10.5. The number of hydrogen-bond donors (Lipinski definition) is 2. The maximum atomic E-state index is 12.9. The van der Waals surface area contributed by atoms with Gasteiger partial charge in [-0.15, -0.1) is 0 Å². The van der Waals surface area contributed by atoms with Crippen LogP contribution in [0, 0.1) is 0 Å². The van der Waals surface area contributed by atoms with Gasteiger partial charge in [0.2, 0.25) is 5.91 Å². The molecule has 0 aromatic heterocycles. The molecule has 0 aliphatic carbocycles. The Kier molecular flexibility index (Phi) is 6.76. The summed E-state index contributed by atoms with van der Waals surface area (Å²) in [5, 5.41) is 8.04. The van der Waals surface area contributed by atoms with Crippen molar-refractivity contribution in [1.29, 1.82) is 0 Å². The smallest absolute Gasteiger partial charge is 0.258 e. The molecule has 33 heavy (non-hydrogen) atoms. The third kappa shape index (κ3) is 5.42. The average molecular weight is 454 g/mol. The fourth-order valence-corrected chi connectivity index (χ4v) is 3.88. The first kappa shape index (κ1) is 22.2. The highest BCUT2D eigenvalue weighted by molar-refractivity contribution is 7.80. The van der Waals surface area contributed by atoms with E-state index < -0.39 is 0 Å². The van der Waals surface area contributed by atoms with E-state index in [9.17, 15) is 9.59 Å². The van der Waals surface area contributed by atoms with E-state index in [4.69, 9.17) is 12.2 Å². The number of amides is 2. The largest absolute Gasteiger partial charge is 0.332 e. The van der Waals surface area contributed by atoms with Crippen LogP contribution in [0.3, 0.4) is 0 Å². The number of nitrogens with one attached hydrogen (secondary N) is 2. The van der Waals surface area contributed by atoms with Crippen LogP contribution in [0.25, 0.3) is 10.8 Å². The third-order valence-corrected chi connectivity index (χ3v) is 5.50. The summed E-state index contributed by atoms with van der Waals surface area (Å²) in [7, 11) is 1.73. The number of benzene rings is 4.